The number of carboxylic acid groups (broad SMARTS) is 1. The largest absolute Gasteiger partial charge is 0.497 e. The van der Waals surface area contributed by atoms with Crippen LogP contribution in [0.5, 0.6) is 11.5 Å². The van der Waals surface area contributed by atoms with Gasteiger partial charge in [-0.05, 0) is 65.1 Å². The summed E-state index contributed by atoms with van der Waals surface area (Å²) in [4.78, 5) is 10.8. The second kappa shape index (κ2) is 11.2. The molecule has 0 saturated heterocycles. The minimum atomic E-state index is -0.945. The molecule has 1 unspecified atom stereocenters. The summed E-state index contributed by atoms with van der Waals surface area (Å²) >= 11 is 0. The Kier molecular flexibility index (Phi) is 8.30. The third kappa shape index (κ3) is 6.49. The highest BCUT2D eigenvalue weighted by molar-refractivity contribution is 5.70. The predicted molar refractivity (Wildman–Crippen MR) is 134 cm³/mol. The molecule has 0 spiro atoms. The Bertz CT molecular complexity index is 1200. The van der Waals surface area contributed by atoms with Crippen molar-refractivity contribution in [2.45, 2.75) is 39.4 Å². The molecule has 3 aromatic rings. The van der Waals surface area contributed by atoms with Gasteiger partial charge < -0.3 is 19.7 Å². The molecule has 0 radical (unpaired) electrons. The van der Waals surface area contributed by atoms with Crippen molar-refractivity contribution < 1.29 is 28.9 Å². The zero-order valence-corrected chi connectivity index (χ0v) is 20.3. The van der Waals surface area contributed by atoms with E-state index in [2.05, 4.69) is 6.58 Å². The van der Waals surface area contributed by atoms with Gasteiger partial charge >= 0.3 is 5.97 Å². The lowest BCUT2D eigenvalue weighted by Gasteiger charge is -2.29. The molecule has 0 bridgehead atoms. The van der Waals surface area contributed by atoms with E-state index in [0.717, 1.165) is 11.1 Å². The number of hydrogen-bond donors (Lipinski definition) is 2. The van der Waals surface area contributed by atoms with E-state index in [1.165, 1.54) is 13.2 Å². The molecule has 0 heterocycles. The first-order valence-electron chi connectivity index (χ1n) is 11.4. The predicted octanol–water partition coefficient (Wildman–Crippen LogP) is 6.34. The van der Waals surface area contributed by atoms with Gasteiger partial charge in [0.1, 0.15) is 23.9 Å². The lowest BCUT2D eigenvalue weighted by molar-refractivity contribution is -0.136. The molecule has 5 nitrogen and oxygen atoms in total. The summed E-state index contributed by atoms with van der Waals surface area (Å²) in [7, 11) is 1.52. The van der Waals surface area contributed by atoms with E-state index in [9.17, 15) is 14.3 Å². The van der Waals surface area contributed by atoms with Gasteiger partial charge in [-0.2, -0.15) is 0 Å². The van der Waals surface area contributed by atoms with Gasteiger partial charge in [0.2, 0.25) is 0 Å². The van der Waals surface area contributed by atoms with Gasteiger partial charge in [-0.25, -0.2) is 4.39 Å². The molecular weight excluding hydrogens is 447 g/mol. The van der Waals surface area contributed by atoms with Crippen LogP contribution in [0.25, 0.3) is 11.1 Å². The van der Waals surface area contributed by atoms with Crippen molar-refractivity contribution in [2.24, 2.45) is 5.41 Å². The van der Waals surface area contributed by atoms with Gasteiger partial charge in [0.25, 0.3) is 0 Å². The highest BCUT2D eigenvalue weighted by atomic mass is 19.1. The number of aryl methyl sites for hydroxylation is 1. The fourth-order valence-electron chi connectivity index (χ4n) is 3.73. The second-order valence-electron chi connectivity index (χ2n) is 9.03. The number of aliphatic hydroxyl groups excluding tert-OH is 1. The SMILES string of the molecule is C=CC(C)(C)C(O)c1cc(COc2cccc(CCC(=O)O)c2)ccc1-c1cc(OC)ccc1F. The Morgan fingerprint density at radius 3 is 2.51 bits per heavy atom. The fraction of sp³-hybridized carbons (Fsp3) is 0.276. The van der Waals surface area contributed by atoms with Crippen LogP contribution in [0.1, 0.15) is 43.1 Å². The van der Waals surface area contributed by atoms with Crippen LogP contribution in [0.4, 0.5) is 4.39 Å². The van der Waals surface area contributed by atoms with Crippen molar-refractivity contribution in [2.75, 3.05) is 7.11 Å². The number of hydrogen-bond acceptors (Lipinski definition) is 4. The van der Waals surface area contributed by atoms with Gasteiger partial charge in [0.15, 0.2) is 0 Å². The first kappa shape index (κ1) is 26.0. The van der Waals surface area contributed by atoms with Crippen molar-refractivity contribution in [3.05, 3.63) is 95.8 Å². The molecule has 0 aliphatic rings. The summed E-state index contributed by atoms with van der Waals surface area (Å²) in [6.07, 6.45) is 1.20. The molecule has 0 aliphatic carbocycles. The molecule has 0 saturated carbocycles. The number of aliphatic hydroxyl groups is 1. The summed E-state index contributed by atoms with van der Waals surface area (Å²) in [5.74, 6) is -0.139. The highest BCUT2D eigenvalue weighted by Crippen LogP contribution is 2.41. The maximum atomic E-state index is 14.8. The number of carbonyl (C=O) groups is 1. The molecule has 2 N–H and O–H groups in total. The molecule has 184 valence electrons. The van der Waals surface area contributed by atoms with E-state index in [1.54, 1.807) is 30.3 Å². The second-order valence-corrected chi connectivity index (χ2v) is 9.03. The Balaban J connectivity index is 1.94. The fourth-order valence-corrected chi connectivity index (χ4v) is 3.73. The normalized spacial score (nSPS) is 12.1. The average molecular weight is 479 g/mol. The van der Waals surface area contributed by atoms with Crippen LogP contribution in [0.2, 0.25) is 0 Å². The van der Waals surface area contributed by atoms with E-state index in [1.807, 2.05) is 44.2 Å². The van der Waals surface area contributed by atoms with Gasteiger partial charge in [-0.3, -0.25) is 4.79 Å². The summed E-state index contributed by atoms with van der Waals surface area (Å²) in [6, 6.07) is 17.2. The van der Waals surface area contributed by atoms with E-state index in [-0.39, 0.29) is 13.0 Å². The Hall–Kier alpha value is -3.64. The van der Waals surface area contributed by atoms with Crippen LogP contribution < -0.4 is 9.47 Å². The zero-order valence-electron chi connectivity index (χ0n) is 20.3. The third-order valence-corrected chi connectivity index (χ3v) is 6.04. The summed E-state index contributed by atoms with van der Waals surface area (Å²) < 4.78 is 26.0. The van der Waals surface area contributed by atoms with E-state index < -0.39 is 23.3 Å². The average Bonchev–Trinajstić information content (AvgIpc) is 2.86. The molecule has 0 amide bonds. The first-order chi connectivity index (χ1) is 16.6. The minimum absolute atomic E-state index is 0.0477. The number of rotatable bonds is 11. The van der Waals surface area contributed by atoms with Crippen molar-refractivity contribution in [3.8, 4) is 22.6 Å². The van der Waals surface area contributed by atoms with Gasteiger partial charge in [-0.1, -0.05) is 44.2 Å². The smallest absolute Gasteiger partial charge is 0.303 e. The summed E-state index contributed by atoms with van der Waals surface area (Å²) in [5.41, 5.74) is 2.44. The molecule has 0 aromatic heterocycles. The van der Waals surface area contributed by atoms with Crippen LogP contribution in [0.3, 0.4) is 0 Å². The van der Waals surface area contributed by atoms with Crippen LogP contribution in [0, 0.1) is 11.2 Å². The lowest BCUT2D eigenvalue weighted by Crippen LogP contribution is -2.20. The Labute approximate surface area is 205 Å². The van der Waals surface area contributed by atoms with Crippen molar-refractivity contribution in [3.63, 3.8) is 0 Å². The molecule has 0 fully saturated rings. The van der Waals surface area contributed by atoms with Gasteiger partial charge in [-0.15, -0.1) is 6.58 Å². The summed E-state index contributed by atoms with van der Waals surface area (Å²) in [6.45, 7) is 7.79. The standard InChI is InChI=1S/C29H31FO5/c1-5-29(2,3)28(33)25-16-20(9-12-23(25)24-17-21(34-4)11-13-26(24)30)18-35-22-8-6-7-19(15-22)10-14-27(31)32/h5-9,11-13,15-17,28,33H,1,10,14,18H2,2-4H3,(H,31,32). The van der Waals surface area contributed by atoms with Crippen molar-refractivity contribution in [1.82, 2.24) is 0 Å². The van der Waals surface area contributed by atoms with Crippen LogP contribution in [-0.2, 0) is 17.8 Å². The van der Waals surface area contributed by atoms with Gasteiger partial charge in [0.05, 0.1) is 13.2 Å². The maximum Gasteiger partial charge on any atom is 0.303 e. The number of aliphatic carboxylic acids is 1. The molecule has 35 heavy (non-hydrogen) atoms. The van der Waals surface area contributed by atoms with Crippen LogP contribution >= 0.6 is 0 Å². The van der Waals surface area contributed by atoms with Crippen molar-refractivity contribution >= 4 is 5.97 Å². The van der Waals surface area contributed by atoms with Crippen molar-refractivity contribution in [1.29, 1.82) is 0 Å². The zero-order chi connectivity index (χ0) is 25.6. The lowest BCUT2D eigenvalue weighted by atomic mass is 9.79. The Morgan fingerprint density at radius 2 is 1.83 bits per heavy atom. The molecule has 3 rings (SSSR count). The Morgan fingerprint density at radius 1 is 1.06 bits per heavy atom. The molecule has 0 aliphatic heterocycles. The number of ether oxygens (including phenoxy) is 2. The number of carboxylic acids is 1. The molecular formula is C29H31FO5. The van der Waals surface area contributed by atoms with Crippen LogP contribution in [0.15, 0.2) is 73.3 Å². The van der Waals surface area contributed by atoms with Crippen LogP contribution in [-0.4, -0.2) is 23.3 Å². The molecule has 6 heteroatoms. The summed E-state index contributed by atoms with van der Waals surface area (Å²) in [5, 5.41) is 20.1. The number of halogens is 1. The third-order valence-electron chi connectivity index (χ3n) is 6.04. The monoisotopic (exact) mass is 478 g/mol. The highest BCUT2D eigenvalue weighted by Gasteiger charge is 2.29. The quantitative estimate of drug-likeness (QED) is 0.314. The van der Waals surface area contributed by atoms with E-state index >= 15 is 0 Å². The number of benzene rings is 3. The van der Waals surface area contributed by atoms with E-state index in [4.69, 9.17) is 14.6 Å². The maximum absolute atomic E-state index is 14.8. The first-order valence-corrected chi connectivity index (χ1v) is 11.4. The van der Waals surface area contributed by atoms with Gasteiger partial charge in [0, 0.05) is 17.4 Å². The molecule has 1 atom stereocenters. The van der Waals surface area contributed by atoms with E-state index in [0.29, 0.717) is 34.6 Å². The number of methoxy groups -OCH3 is 1. The minimum Gasteiger partial charge on any atom is -0.497 e. The molecule has 3 aromatic carbocycles. The topological polar surface area (TPSA) is 76.0 Å².